The quantitative estimate of drug-likeness (QED) is 0.773. The van der Waals surface area contributed by atoms with Crippen molar-refractivity contribution in [3.63, 3.8) is 0 Å². The summed E-state index contributed by atoms with van der Waals surface area (Å²) in [6, 6.07) is 10.2. The van der Waals surface area contributed by atoms with Crippen LogP contribution in [-0.4, -0.2) is 38.7 Å². The topological polar surface area (TPSA) is 46.6 Å². The van der Waals surface area contributed by atoms with Gasteiger partial charge in [-0.1, -0.05) is 43.7 Å². The summed E-state index contributed by atoms with van der Waals surface area (Å²) in [5.41, 5.74) is 1.18. The van der Waals surface area contributed by atoms with Gasteiger partial charge in [-0.15, -0.1) is 0 Å². The second-order valence-corrected chi connectivity index (χ2v) is 8.06. The molecule has 1 fully saturated rings. The summed E-state index contributed by atoms with van der Waals surface area (Å²) in [6.07, 6.45) is 3.43. The number of sulfonamides is 1. The number of hydrogen-bond donors (Lipinski definition) is 0. The van der Waals surface area contributed by atoms with Crippen molar-refractivity contribution in [2.45, 2.75) is 38.7 Å². The molecule has 0 bridgehead atoms. The Morgan fingerprint density at radius 3 is 2.41 bits per heavy atom. The average Bonchev–Trinajstić information content (AvgIpc) is 2.55. The van der Waals surface area contributed by atoms with Gasteiger partial charge in [0.1, 0.15) is 0 Å². The molecule has 1 heterocycles. The molecule has 0 spiro atoms. The van der Waals surface area contributed by atoms with Crippen LogP contribution in [0.3, 0.4) is 0 Å². The number of unbranched alkanes of at least 4 members (excludes halogenated alkanes) is 1. The van der Waals surface area contributed by atoms with Crippen molar-refractivity contribution in [3.8, 4) is 0 Å². The van der Waals surface area contributed by atoms with Crippen LogP contribution in [0.1, 0.15) is 44.3 Å². The molecule has 0 aromatic heterocycles. The smallest absolute Gasteiger partial charge is 0.214 e. The van der Waals surface area contributed by atoms with E-state index in [-0.39, 0.29) is 11.9 Å². The van der Waals surface area contributed by atoms with Crippen LogP contribution in [0.15, 0.2) is 30.3 Å². The Bertz CT molecular complexity index is 536. The van der Waals surface area contributed by atoms with E-state index in [0.717, 1.165) is 25.7 Å². The summed E-state index contributed by atoms with van der Waals surface area (Å²) in [4.78, 5) is 0. The molecule has 0 amide bonds. The van der Waals surface area contributed by atoms with Gasteiger partial charge in [-0.25, -0.2) is 12.7 Å². The molecule has 1 aromatic carbocycles. The average molecular weight is 325 g/mol. The number of rotatable bonds is 7. The predicted octanol–water partition coefficient (Wildman–Crippen LogP) is 3.22. The van der Waals surface area contributed by atoms with Gasteiger partial charge < -0.3 is 4.74 Å². The first kappa shape index (κ1) is 17.4. The second kappa shape index (κ2) is 8.09. The third-order valence-corrected chi connectivity index (χ3v) is 6.41. The summed E-state index contributed by atoms with van der Waals surface area (Å²) in [5.74, 6) is 0.658. The minimum absolute atomic E-state index is 0.0571. The largest absolute Gasteiger partial charge is 0.376 e. The zero-order valence-corrected chi connectivity index (χ0v) is 14.4. The summed E-state index contributed by atoms with van der Waals surface area (Å²) in [5, 5.41) is 0. The maximum absolute atomic E-state index is 12.3. The van der Waals surface area contributed by atoms with Crippen LogP contribution in [-0.2, 0) is 14.8 Å². The lowest BCUT2D eigenvalue weighted by Gasteiger charge is -2.35. The highest BCUT2D eigenvalue weighted by atomic mass is 32.2. The summed E-state index contributed by atoms with van der Waals surface area (Å²) in [6.45, 7) is 3.25. The minimum atomic E-state index is -3.07. The zero-order chi connectivity index (χ0) is 16.0. The highest BCUT2D eigenvalue weighted by Crippen LogP contribution is 2.33. The summed E-state index contributed by atoms with van der Waals surface area (Å²) < 4.78 is 31.9. The molecule has 5 heteroatoms. The Labute approximate surface area is 134 Å². The van der Waals surface area contributed by atoms with E-state index in [4.69, 9.17) is 4.74 Å². The Kier molecular flexibility index (Phi) is 6.41. The maximum atomic E-state index is 12.3. The Morgan fingerprint density at radius 1 is 1.23 bits per heavy atom. The first-order chi connectivity index (χ1) is 10.6. The van der Waals surface area contributed by atoms with Crippen molar-refractivity contribution in [1.29, 1.82) is 0 Å². The molecule has 1 atom stereocenters. The first-order valence-corrected chi connectivity index (χ1v) is 9.75. The normalized spacial score (nSPS) is 19.2. The van der Waals surface area contributed by atoms with Crippen LogP contribution in [0.25, 0.3) is 0 Å². The molecular weight excluding hydrogens is 298 g/mol. The molecule has 1 aliphatic rings. The van der Waals surface area contributed by atoms with Gasteiger partial charge in [0.05, 0.1) is 11.9 Å². The van der Waals surface area contributed by atoms with Crippen molar-refractivity contribution in [2.75, 3.05) is 26.0 Å². The lowest BCUT2D eigenvalue weighted by molar-refractivity contribution is 0.0303. The molecule has 22 heavy (non-hydrogen) atoms. The SMILES string of the molecule is CCCCS(=O)(=O)N1CCC(C(OC)c2ccccc2)CC1. The zero-order valence-electron chi connectivity index (χ0n) is 13.6. The van der Waals surface area contributed by atoms with Crippen molar-refractivity contribution < 1.29 is 13.2 Å². The Hall–Kier alpha value is -0.910. The van der Waals surface area contributed by atoms with Gasteiger partial charge in [-0.05, 0) is 30.7 Å². The number of hydrogen-bond acceptors (Lipinski definition) is 3. The second-order valence-electron chi connectivity index (χ2n) is 5.97. The number of ether oxygens (including phenoxy) is 1. The van der Waals surface area contributed by atoms with Crippen molar-refractivity contribution >= 4 is 10.0 Å². The van der Waals surface area contributed by atoms with Crippen LogP contribution >= 0.6 is 0 Å². The van der Waals surface area contributed by atoms with Crippen LogP contribution < -0.4 is 0 Å². The molecule has 1 aromatic rings. The van der Waals surface area contributed by atoms with E-state index >= 15 is 0 Å². The molecule has 2 rings (SSSR count). The van der Waals surface area contributed by atoms with Crippen LogP contribution in [0, 0.1) is 5.92 Å². The third-order valence-electron chi connectivity index (χ3n) is 4.46. The molecule has 0 saturated carbocycles. The fourth-order valence-corrected chi connectivity index (χ4v) is 4.83. The van der Waals surface area contributed by atoms with Crippen molar-refractivity contribution in [1.82, 2.24) is 4.31 Å². The van der Waals surface area contributed by atoms with E-state index in [1.54, 1.807) is 11.4 Å². The summed E-state index contributed by atoms with van der Waals surface area (Å²) >= 11 is 0. The standard InChI is InChI=1S/C17H27NO3S/c1-3-4-14-22(19,20)18-12-10-16(11-13-18)17(21-2)15-8-6-5-7-9-15/h5-9,16-17H,3-4,10-14H2,1-2H3. The molecule has 0 aliphatic carbocycles. The van der Waals surface area contributed by atoms with Gasteiger partial charge in [0.25, 0.3) is 0 Å². The molecule has 0 N–H and O–H groups in total. The minimum Gasteiger partial charge on any atom is -0.376 e. The molecule has 4 nitrogen and oxygen atoms in total. The van der Waals surface area contributed by atoms with Gasteiger partial charge in [-0.3, -0.25) is 0 Å². The van der Waals surface area contributed by atoms with Gasteiger partial charge in [0.2, 0.25) is 10.0 Å². The molecule has 1 aliphatic heterocycles. The molecule has 124 valence electrons. The first-order valence-electron chi connectivity index (χ1n) is 8.14. The third kappa shape index (κ3) is 4.31. The predicted molar refractivity (Wildman–Crippen MR) is 89.2 cm³/mol. The van der Waals surface area contributed by atoms with Gasteiger partial charge in [0, 0.05) is 20.2 Å². The van der Waals surface area contributed by atoms with Crippen LogP contribution in [0.2, 0.25) is 0 Å². The maximum Gasteiger partial charge on any atom is 0.214 e. The van der Waals surface area contributed by atoms with E-state index < -0.39 is 10.0 Å². The number of piperidine rings is 1. The molecule has 0 radical (unpaired) electrons. The highest BCUT2D eigenvalue weighted by molar-refractivity contribution is 7.89. The fourth-order valence-electron chi connectivity index (χ4n) is 3.16. The molecule has 1 saturated heterocycles. The monoisotopic (exact) mass is 325 g/mol. The molecular formula is C17H27NO3S. The van der Waals surface area contributed by atoms with E-state index in [1.807, 2.05) is 25.1 Å². The van der Waals surface area contributed by atoms with Gasteiger partial charge in [-0.2, -0.15) is 0 Å². The fraction of sp³-hybridized carbons (Fsp3) is 0.647. The lowest BCUT2D eigenvalue weighted by atomic mass is 9.88. The summed E-state index contributed by atoms with van der Waals surface area (Å²) in [7, 11) is -1.34. The number of benzene rings is 1. The van der Waals surface area contributed by atoms with Crippen LogP contribution in [0.5, 0.6) is 0 Å². The van der Waals surface area contributed by atoms with E-state index in [0.29, 0.717) is 19.0 Å². The van der Waals surface area contributed by atoms with Gasteiger partial charge in [0.15, 0.2) is 0 Å². The lowest BCUT2D eigenvalue weighted by Crippen LogP contribution is -2.41. The van der Waals surface area contributed by atoms with Gasteiger partial charge >= 0.3 is 0 Å². The van der Waals surface area contributed by atoms with Crippen molar-refractivity contribution in [2.24, 2.45) is 5.92 Å². The number of nitrogens with zero attached hydrogens (tertiary/aromatic N) is 1. The van der Waals surface area contributed by atoms with E-state index in [1.165, 1.54) is 5.56 Å². The van der Waals surface area contributed by atoms with Crippen molar-refractivity contribution in [3.05, 3.63) is 35.9 Å². The number of methoxy groups -OCH3 is 1. The Balaban J connectivity index is 1.96. The van der Waals surface area contributed by atoms with E-state index in [2.05, 4.69) is 12.1 Å². The highest BCUT2D eigenvalue weighted by Gasteiger charge is 2.32. The Morgan fingerprint density at radius 2 is 1.86 bits per heavy atom. The van der Waals surface area contributed by atoms with E-state index in [9.17, 15) is 8.42 Å². The molecule has 1 unspecified atom stereocenters. The van der Waals surface area contributed by atoms with Crippen LogP contribution in [0.4, 0.5) is 0 Å².